The molecule has 0 aromatic carbocycles. The highest BCUT2D eigenvalue weighted by atomic mass is 16.5. The molecule has 0 radical (unpaired) electrons. The first kappa shape index (κ1) is 10.4. The van der Waals surface area contributed by atoms with Gasteiger partial charge in [-0.15, -0.1) is 0 Å². The lowest BCUT2D eigenvalue weighted by Crippen LogP contribution is -2.38. The largest absolute Gasteiger partial charge is 0.387 e. The third kappa shape index (κ3) is 2.11. The lowest BCUT2D eigenvalue weighted by molar-refractivity contribution is -0.0268. The zero-order valence-corrected chi connectivity index (χ0v) is 8.81. The summed E-state index contributed by atoms with van der Waals surface area (Å²) in [5.41, 5.74) is 5.83. The highest BCUT2D eigenvalue weighted by molar-refractivity contribution is 5.32. The average molecular weight is 208 g/mol. The van der Waals surface area contributed by atoms with Gasteiger partial charge in [0.25, 0.3) is 0 Å². The van der Waals surface area contributed by atoms with Crippen molar-refractivity contribution in [1.29, 1.82) is 0 Å². The molecule has 3 N–H and O–H groups in total. The minimum atomic E-state index is -0.756. The number of aromatic nitrogens is 1. The summed E-state index contributed by atoms with van der Waals surface area (Å²) in [7, 11) is 0. The molecule has 2 unspecified atom stereocenters. The molecule has 1 saturated heterocycles. The molecule has 2 atom stereocenters. The van der Waals surface area contributed by atoms with Gasteiger partial charge in [-0.1, -0.05) is 0 Å². The molecule has 0 saturated carbocycles. The monoisotopic (exact) mass is 208 g/mol. The zero-order chi connectivity index (χ0) is 10.9. The Morgan fingerprint density at radius 1 is 1.73 bits per heavy atom. The first-order chi connectivity index (χ1) is 7.10. The summed E-state index contributed by atoms with van der Waals surface area (Å²) in [6.45, 7) is 2.52. The minimum Gasteiger partial charge on any atom is -0.387 e. The normalized spacial score (nSPS) is 30.7. The smallest absolute Gasteiger partial charge is 0.123 e. The van der Waals surface area contributed by atoms with Gasteiger partial charge in [0.1, 0.15) is 5.82 Å². The van der Waals surface area contributed by atoms with Crippen molar-refractivity contribution in [2.24, 2.45) is 0 Å². The summed E-state index contributed by atoms with van der Waals surface area (Å²) in [5.74, 6) is 0.489. The van der Waals surface area contributed by atoms with E-state index in [9.17, 15) is 5.11 Å². The quantitative estimate of drug-likeness (QED) is 0.752. The van der Waals surface area contributed by atoms with Crippen molar-refractivity contribution in [1.82, 2.24) is 4.98 Å². The number of aliphatic hydroxyl groups is 1. The second-order valence-electron chi connectivity index (χ2n) is 4.13. The highest BCUT2D eigenvalue weighted by Crippen LogP contribution is 2.29. The zero-order valence-electron chi connectivity index (χ0n) is 8.81. The van der Waals surface area contributed by atoms with Crippen LogP contribution in [0.5, 0.6) is 0 Å². The maximum absolute atomic E-state index is 10.3. The van der Waals surface area contributed by atoms with Gasteiger partial charge in [0.05, 0.1) is 11.7 Å². The van der Waals surface area contributed by atoms with Crippen molar-refractivity contribution in [2.45, 2.75) is 31.5 Å². The fraction of sp³-hybridized carbons (Fsp3) is 0.545. The Bertz CT molecular complexity index is 356. The molecule has 82 valence electrons. The van der Waals surface area contributed by atoms with Crippen molar-refractivity contribution >= 4 is 5.82 Å². The van der Waals surface area contributed by atoms with Gasteiger partial charge >= 0.3 is 0 Å². The van der Waals surface area contributed by atoms with Crippen molar-refractivity contribution in [3.8, 4) is 0 Å². The van der Waals surface area contributed by atoms with Crippen LogP contribution in [0.15, 0.2) is 18.3 Å². The fourth-order valence-corrected chi connectivity index (χ4v) is 1.96. The predicted octanol–water partition coefficient (Wildman–Crippen LogP) is 0.746. The van der Waals surface area contributed by atoms with Gasteiger partial charge in [-0.2, -0.15) is 0 Å². The Morgan fingerprint density at radius 3 is 3.13 bits per heavy atom. The van der Waals surface area contributed by atoms with E-state index in [-0.39, 0.29) is 6.10 Å². The lowest BCUT2D eigenvalue weighted by Gasteiger charge is -2.25. The van der Waals surface area contributed by atoms with Crippen LogP contribution in [-0.2, 0) is 11.2 Å². The third-order valence-electron chi connectivity index (χ3n) is 3.02. The van der Waals surface area contributed by atoms with Crippen LogP contribution in [0.25, 0.3) is 0 Å². The molecule has 2 rings (SSSR count). The van der Waals surface area contributed by atoms with E-state index < -0.39 is 5.60 Å². The lowest BCUT2D eigenvalue weighted by atomic mass is 9.89. The molecule has 2 heterocycles. The van der Waals surface area contributed by atoms with Crippen molar-refractivity contribution in [2.75, 3.05) is 12.3 Å². The van der Waals surface area contributed by atoms with E-state index in [0.29, 0.717) is 25.3 Å². The molecule has 15 heavy (non-hydrogen) atoms. The summed E-state index contributed by atoms with van der Waals surface area (Å²) in [6, 6.07) is 3.67. The van der Waals surface area contributed by atoms with Crippen molar-refractivity contribution < 1.29 is 9.84 Å². The number of nitrogens with two attached hydrogens (primary N) is 1. The Balaban J connectivity index is 2.14. The summed E-state index contributed by atoms with van der Waals surface area (Å²) >= 11 is 0. The molecule has 0 spiro atoms. The predicted molar refractivity (Wildman–Crippen MR) is 57.3 cm³/mol. The number of pyridine rings is 1. The van der Waals surface area contributed by atoms with Gasteiger partial charge < -0.3 is 15.6 Å². The van der Waals surface area contributed by atoms with E-state index >= 15 is 0 Å². The van der Waals surface area contributed by atoms with Gasteiger partial charge in [-0.25, -0.2) is 4.98 Å². The summed E-state index contributed by atoms with van der Waals surface area (Å²) < 4.78 is 5.37. The SMILES string of the molecule is CC1OCCC1(O)Cc1ccnc(N)c1. The number of ether oxygens (including phenoxy) is 1. The van der Waals surface area contributed by atoms with E-state index in [2.05, 4.69) is 4.98 Å². The standard InChI is InChI=1S/C11H16N2O2/c1-8-11(14,3-5-15-8)7-9-2-4-13-10(12)6-9/h2,4,6,8,14H,3,5,7H2,1H3,(H2,12,13). The fourth-order valence-electron chi connectivity index (χ4n) is 1.96. The van der Waals surface area contributed by atoms with Crippen LogP contribution in [-0.4, -0.2) is 28.4 Å². The van der Waals surface area contributed by atoms with Crippen LogP contribution >= 0.6 is 0 Å². The maximum atomic E-state index is 10.3. The molecule has 1 aromatic rings. The van der Waals surface area contributed by atoms with E-state index in [0.717, 1.165) is 5.56 Å². The van der Waals surface area contributed by atoms with Crippen LogP contribution < -0.4 is 5.73 Å². The van der Waals surface area contributed by atoms with Crippen LogP contribution in [0.3, 0.4) is 0 Å². The van der Waals surface area contributed by atoms with Crippen molar-refractivity contribution in [3.05, 3.63) is 23.9 Å². The molecular formula is C11H16N2O2. The van der Waals surface area contributed by atoms with E-state index in [1.54, 1.807) is 12.3 Å². The summed E-state index contributed by atoms with van der Waals surface area (Å²) in [4.78, 5) is 3.92. The molecule has 0 bridgehead atoms. The Kier molecular flexibility index (Phi) is 2.63. The van der Waals surface area contributed by atoms with E-state index in [1.807, 2.05) is 13.0 Å². The van der Waals surface area contributed by atoms with E-state index in [1.165, 1.54) is 0 Å². The van der Waals surface area contributed by atoms with Crippen LogP contribution in [0.4, 0.5) is 5.82 Å². The Labute approximate surface area is 89.1 Å². The average Bonchev–Trinajstić information content (AvgIpc) is 2.47. The van der Waals surface area contributed by atoms with Crippen LogP contribution in [0.1, 0.15) is 18.9 Å². The van der Waals surface area contributed by atoms with Crippen molar-refractivity contribution in [3.63, 3.8) is 0 Å². The molecule has 1 aliphatic rings. The molecule has 0 aliphatic carbocycles. The maximum Gasteiger partial charge on any atom is 0.123 e. The van der Waals surface area contributed by atoms with E-state index in [4.69, 9.17) is 10.5 Å². The number of rotatable bonds is 2. The second-order valence-corrected chi connectivity index (χ2v) is 4.13. The van der Waals surface area contributed by atoms with Gasteiger partial charge in [0, 0.05) is 25.6 Å². The molecule has 4 heteroatoms. The Morgan fingerprint density at radius 2 is 2.53 bits per heavy atom. The van der Waals surface area contributed by atoms with Gasteiger partial charge in [0.15, 0.2) is 0 Å². The molecule has 1 aromatic heterocycles. The number of nitrogens with zero attached hydrogens (tertiary/aromatic N) is 1. The molecule has 1 aliphatic heterocycles. The van der Waals surface area contributed by atoms with Crippen LogP contribution in [0.2, 0.25) is 0 Å². The number of hydrogen-bond acceptors (Lipinski definition) is 4. The topological polar surface area (TPSA) is 68.4 Å². The first-order valence-corrected chi connectivity index (χ1v) is 5.14. The van der Waals surface area contributed by atoms with Gasteiger partial charge in [-0.05, 0) is 24.6 Å². The summed E-state index contributed by atoms with van der Waals surface area (Å²) in [6.07, 6.45) is 2.79. The second kappa shape index (κ2) is 3.79. The van der Waals surface area contributed by atoms with Gasteiger partial charge in [0.2, 0.25) is 0 Å². The molecule has 4 nitrogen and oxygen atoms in total. The first-order valence-electron chi connectivity index (χ1n) is 5.14. The molecular weight excluding hydrogens is 192 g/mol. The summed E-state index contributed by atoms with van der Waals surface area (Å²) in [5, 5.41) is 10.3. The van der Waals surface area contributed by atoms with Crippen LogP contribution in [0, 0.1) is 0 Å². The highest BCUT2D eigenvalue weighted by Gasteiger charge is 2.39. The number of hydrogen-bond donors (Lipinski definition) is 2. The third-order valence-corrected chi connectivity index (χ3v) is 3.02. The Hall–Kier alpha value is -1.13. The minimum absolute atomic E-state index is 0.119. The molecule has 1 fully saturated rings. The van der Waals surface area contributed by atoms with Gasteiger partial charge in [-0.3, -0.25) is 0 Å². The number of anilines is 1. The molecule has 0 amide bonds. The number of nitrogen functional groups attached to an aromatic ring is 1.